The van der Waals surface area contributed by atoms with Gasteiger partial charge in [-0.1, -0.05) is 43.3 Å². The van der Waals surface area contributed by atoms with Gasteiger partial charge in [0.25, 0.3) is 5.22 Å². The molecule has 0 unspecified atom stereocenters. The Bertz CT molecular complexity index is 1180. The Labute approximate surface area is 165 Å². The number of anilines is 1. The topological polar surface area (TPSA) is 88.0 Å². The summed E-state index contributed by atoms with van der Waals surface area (Å²) < 4.78 is 5.61. The fraction of sp³-hybridized carbons (Fsp3) is 0.190. The smallest absolute Gasteiger partial charge is 0.257 e. The summed E-state index contributed by atoms with van der Waals surface area (Å²) >= 11 is 1.24. The van der Waals surface area contributed by atoms with Crippen LogP contribution in [-0.4, -0.2) is 21.6 Å². The van der Waals surface area contributed by atoms with Crippen LogP contribution in [0.5, 0.6) is 0 Å². The zero-order valence-electron chi connectivity index (χ0n) is 15.3. The van der Waals surface area contributed by atoms with E-state index in [2.05, 4.69) is 22.2 Å². The molecule has 0 aliphatic rings. The van der Waals surface area contributed by atoms with Crippen molar-refractivity contribution >= 4 is 45.4 Å². The molecule has 0 saturated heterocycles. The summed E-state index contributed by atoms with van der Waals surface area (Å²) in [4.78, 5) is 31.4. The third-order valence-electron chi connectivity index (χ3n) is 4.33. The van der Waals surface area contributed by atoms with Crippen molar-refractivity contribution in [2.75, 3.05) is 11.1 Å². The molecule has 0 saturated carbocycles. The number of aryl methyl sites for hydroxylation is 1. The number of aromatic nitrogens is 2. The lowest BCUT2D eigenvalue weighted by atomic mass is 10.0. The van der Waals surface area contributed by atoms with E-state index in [1.165, 1.54) is 11.8 Å². The molecule has 4 aromatic rings. The summed E-state index contributed by atoms with van der Waals surface area (Å²) in [5, 5.41) is 4.32. The molecule has 2 N–H and O–H groups in total. The highest BCUT2D eigenvalue weighted by molar-refractivity contribution is 7.99. The maximum atomic E-state index is 12.3. The first kappa shape index (κ1) is 18.3. The van der Waals surface area contributed by atoms with Crippen LogP contribution in [-0.2, 0) is 11.2 Å². The molecule has 2 aromatic carbocycles. The van der Waals surface area contributed by atoms with Crippen LogP contribution in [0.2, 0.25) is 0 Å². The van der Waals surface area contributed by atoms with Crippen molar-refractivity contribution in [1.29, 1.82) is 0 Å². The fourth-order valence-corrected chi connectivity index (χ4v) is 3.76. The van der Waals surface area contributed by atoms with E-state index in [0.29, 0.717) is 16.5 Å². The SMILES string of the molecule is CCCc1cc(=O)[nH]c2cc(NC(=O)CSc3nc4ccccc4o3)ccc12. The molecular weight excluding hydrogens is 374 g/mol. The van der Waals surface area contributed by atoms with E-state index in [4.69, 9.17) is 4.42 Å². The quantitative estimate of drug-likeness (QED) is 0.476. The minimum absolute atomic E-state index is 0.133. The van der Waals surface area contributed by atoms with Crippen molar-refractivity contribution in [3.05, 3.63) is 64.4 Å². The molecule has 7 heteroatoms. The molecule has 0 bridgehead atoms. The van der Waals surface area contributed by atoms with Gasteiger partial charge in [0.15, 0.2) is 5.58 Å². The Kier molecular flexibility index (Phi) is 5.16. The summed E-state index contributed by atoms with van der Waals surface area (Å²) in [6, 6.07) is 14.7. The monoisotopic (exact) mass is 393 g/mol. The first-order valence-corrected chi connectivity index (χ1v) is 10.0. The third kappa shape index (κ3) is 3.94. The molecule has 0 radical (unpaired) electrons. The molecular formula is C21H19N3O3S. The number of nitrogens with zero attached hydrogens (tertiary/aromatic N) is 1. The van der Waals surface area contributed by atoms with Crippen molar-refractivity contribution in [2.45, 2.75) is 25.0 Å². The zero-order chi connectivity index (χ0) is 19.5. The van der Waals surface area contributed by atoms with Gasteiger partial charge in [-0.2, -0.15) is 0 Å². The molecule has 4 rings (SSSR count). The number of nitrogens with one attached hydrogen (secondary N) is 2. The number of amides is 1. The summed E-state index contributed by atoms with van der Waals surface area (Å²) in [7, 11) is 0. The maximum absolute atomic E-state index is 12.3. The molecule has 6 nitrogen and oxygen atoms in total. The van der Waals surface area contributed by atoms with Gasteiger partial charge in [0.1, 0.15) is 5.52 Å². The highest BCUT2D eigenvalue weighted by Gasteiger charge is 2.10. The summed E-state index contributed by atoms with van der Waals surface area (Å²) in [6.07, 6.45) is 1.80. The van der Waals surface area contributed by atoms with Crippen molar-refractivity contribution in [3.63, 3.8) is 0 Å². The molecule has 1 amide bonds. The molecule has 0 aliphatic carbocycles. The van der Waals surface area contributed by atoms with E-state index in [1.54, 1.807) is 12.1 Å². The van der Waals surface area contributed by atoms with Crippen LogP contribution in [0.3, 0.4) is 0 Å². The number of rotatable bonds is 6. The Morgan fingerprint density at radius 1 is 1.21 bits per heavy atom. The number of carbonyl (C=O) groups excluding carboxylic acids is 1. The number of thioether (sulfide) groups is 1. The number of fused-ring (bicyclic) bond motifs is 2. The minimum atomic E-state index is -0.168. The predicted octanol–water partition coefficient (Wildman–Crippen LogP) is 4.35. The number of benzene rings is 2. The van der Waals surface area contributed by atoms with Crippen LogP contribution in [0.25, 0.3) is 22.0 Å². The molecule has 28 heavy (non-hydrogen) atoms. The number of H-pyrrole nitrogens is 1. The fourth-order valence-electron chi connectivity index (χ4n) is 3.12. The van der Waals surface area contributed by atoms with Gasteiger partial charge in [0.05, 0.1) is 11.3 Å². The Morgan fingerprint density at radius 2 is 2.07 bits per heavy atom. The minimum Gasteiger partial charge on any atom is -0.431 e. The average molecular weight is 393 g/mol. The second-order valence-corrected chi connectivity index (χ2v) is 7.38. The van der Waals surface area contributed by atoms with Gasteiger partial charge in [-0.3, -0.25) is 9.59 Å². The Morgan fingerprint density at radius 3 is 2.89 bits per heavy atom. The number of hydrogen-bond acceptors (Lipinski definition) is 5. The van der Waals surface area contributed by atoms with E-state index in [0.717, 1.165) is 34.8 Å². The van der Waals surface area contributed by atoms with E-state index in [1.807, 2.05) is 36.4 Å². The number of para-hydroxylation sites is 2. The van der Waals surface area contributed by atoms with Gasteiger partial charge < -0.3 is 14.7 Å². The zero-order valence-corrected chi connectivity index (χ0v) is 16.1. The predicted molar refractivity (Wildman–Crippen MR) is 112 cm³/mol. The summed E-state index contributed by atoms with van der Waals surface area (Å²) in [5.41, 5.74) is 3.72. The highest BCUT2D eigenvalue weighted by Crippen LogP contribution is 2.24. The van der Waals surface area contributed by atoms with Gasteiger partial charge in [0.2, 0.25) is 11.5 Å². The number of pyridine rings is 1. The Balaban J connectivity index is 1.46. The summed E-state index contributed by atoms with van der Waals surface area (Å²) in [5.74, 6) is 0.00993. The van der Waals surface area contributed by atoms with Gasteiger partial charge in [-0.25, -0.2) is 4.98 Å². The van der Waals surface area contributed by atoms with Gasteiger partial charge in [-0.05, 0) is 36.2 Å². The molecule has 2 aromatic heterocycles. The third-order valence-corrected chi connectivity index (χ3v) is 5.16. The normalized spacial score (nSPS) is 11.2. The van der Waals surface area contributed by atoms with E-state index in [9.17, 15) is 9.59 Å². The molecule has 0 aliphatic heterocycles. The molecule has 2 heterocycles. The molecule has 142 valence electrons. The number of hydrogen-bond donors (Lipinski definition) is 2. The number of oxazole rings is 1. The number of aromatic amines is 1. The van der Waals surface area contributed by atoms with Crippen molar-refractivity contribution in [1.82, 2.24) is 9.97 Å². The highest BCUT2D eigenvalue weighted by atomic mass is 32.2. The van der Waals surface area contributed by atoms with Crippen LogP contribution in [0, 0.1) is 0 Å². The second-order valence-electron chi connectivity index (χ2n) is 6.45. The van der Waals surface area contributed by atoms with Crippen LogP contribution in [0.1, 0.15) is 18.9 Å². The van der Waals surface area contributed by atoms with Crippen molar-refractivity contribution < 1.29 is 9.21 Å². The largest absolute Gasteiger partial charge is 0.431 e. The maximum Gasteiger partial charge on any atom is 0.257 e. The lowest BCUT2D eigenvalue weighted by Crippen LogP contribution is -2.14. The molecule has 0 atom stereocenters. The van der Waals surface area contributed by atoms with Gasteiger partial charge >= 0.3 is 0 Å². The van der Waals surface area contributed by atoms with Crippen molar-refractivity contribution in [3.8, 4) is 0 Å². The number of carbonyl (C=O) groups is 1. The van der Waals surface area contributed by atoms with E-state index < -0.39 is 0 Å². The van der Waals surface area contributed by atoms with Gasteiger partial charge in [0, 0.05) is 17.1 Å². The van der Waals surface area contributed by atoms with Crippen molar-refractivity contribution in [2.24, 2.45) is 0 Å². The van der Waals surface area contributed by atoms with Crippen LogP contribution in [0.15, 0.2) is 63.0 Å². The average Bonchev–Trinajstić information content (AvgIpc) is 3.09. The Hall–Kier alpha value is -3.06. The van der Waals surface area contributed by atoms with E-state index >= 15 is 0 Å². The molecule has 0 spiro atoms. The first-order valence-electron chi connectivity index (χ1n) is 9.06. The second kappa shape index (κ2) is 7.90. The standard InChI is InChI=1S/C21H19N3O3S/c1-2-5-13-10-19(25)23-17-11-14(8-9-15(13)17)22-20(26)12-28-21-24-16-6-3-4-7-18(16)27-21/h3-4,6-11H,2,5,12H2,1H3,(H,22,26)(H,23,25). The van der Waals surface area contributed by atoms with Crippen LogP contribution in [0.4, 0.5) is 5.69 Å². The summed E-state index contributed by atoms with van der Waals surface area (Å²) in [6.45, 7) is 2.08. The van der Waals surface area contributed by atoms with Crippen LogP contribution >= 0.6 is 11.8 Å². The lowest BCUT2D eigenvalue weighted by molar-refractivity contribution is -0.113. The first-order chi connectivity index (χ1) is 13.6. The van der Waals surface area contributed by atoms with Crippen LogP contribution < -0.4 is 10.9 Å². The van der Waals surface area contributed by atoms with E-state index in [-0.39, 0.29) is 17.2 Å². The lowest BCUT2D eigenvalue weighted by Gasteiger charge is -2.08. The van der Waals surface area contributed by atoms with Gasteiger partial charge in [-0.15, -0.1) is 0 Å². The molecule has 0 fully saturated rings.